The molecule has 26 heavy (non-hydrogen) atoms. The summed E-state index contributed by atoms with van der Waals surface area (Å²) in [5.74, 6) is -0.308. The molecule has 2 unspecified atom stereocenters. The van der Waals surface area contributed by atoms with Crippen LogP contribution in [0.15, 0.2) is 0 Å². The van der Waals surface area contributed by atoms with Gasteiger partial charge in [0.05, 0.1) is 0 Å². The third-order valence-electron chi connectivity index (χ3n) is 5.29. The molecule has 1 aliphatic heterocycles. The summed E-state index contributed by atoms with van der Waals surface area (Å²) < 4.78 is 6.10. The number of aliphatic carboxylic acids is 1. The zero-order chi connectivity index (χ0) is 19.6. The van der Waals surface area contributed by atoms with E-state index in [9.17, 15) is 14.7 Å². The van der Waals surface area contributed by atoms with Crippen molar-refractivity contribution < 1.29 is 24.5 Å². The van der Waals surface area contributed by atoms with Crippen molar-refractivity contribution in [2.45, 2.75) is 65.0 Å². The van der Waals surface area contributed by atoms with Crippen LogP contribution < -0.4 is 15.8 Å². The topological polar surface area (TPSA) is 122 Å². The molecule has 1 amide bonds. The Morgan fingerprint density at radius 1 is 1.27 bits per heavy atom. The van der Waals surface area contributed by atoms with Gasteiger partial charge in [-0.2, -0.15) is 0 Å². The molecule has 1 aromatic rings. The number of rotatable bonds is 6. The zero-order valence-corrected chi connectivity index (χ0v) is 15.8. The number of fused-ring (bicyclic) bond motifs is 1. The van der Waals surface area contributed by atoms with E-state index in [1.807, 2.05) is 20.8 Å². The third kappa shape index (κ3) is 3.77. The molecular weight excluding hydrogens is 336 g/mol. The van der Waals surface area contributed by atoms with E-state index in [1.165, 1.54) is 0 Å². The Hall–Kier alpha value is -2.28. The average molecular weight is 364 g/mol. The van der Waals surface area contributed by atoms with Crippen LogP contribution in [0.2, 0.25) is 0 Å². The van der Waals surface area contributed by atoms with E-state index in [2.05, 4.69) is 5.32 Å². The monoisotopic (exact) mass is 364 g/mol. The van der Waals surface area contributed by atoms with Crippen LogP contribution in [0.1, 0.15) is 48.4 Å². The van der Waals surface area contributed by atoms with Crippen molar-refractivity contribution in [2.75, 3.05) is 6.54 Å². The Bertz CT molecular complexity index is 731. The van der Waals surface area contributed by atoms with Gasteiger partial charge in [0.2, 0.25) is 0 Å². The van der Waals surface area contributed by atoms with Crippen LogP contribution >= 0.6 is 0 Å². The van der Waals surface area contributed by atoms with E-state index in [-0.39, 0.29) is 11.7 Å². The molecule has 144 valence electrons. The van der Waals surface area contributed by atoms with E-state index in [4.69, 9.17) is 15.6 Å². The summed E-state index contributed by atoms with van der Waals surface area (Å²) in [5.41, 5.74) is 7.80. The minimum absolute atomic E-state index is 0.227. The molecule has 0 fully saturated rings. The molecule has 2 rings (SSSR count). The van der Waals surface area contributed by atoms with Gasteiger partial charge in [0.25, 0.3) is 5.91 Å². The lowest BCUT2D eigenvalue weighted by Gasteiger charge is -2.36. The van der Waals surface area contributed by atoms with Gasteiger partial charge in [0.1, 0.15) is 17.5 Å². The van der Waals surface area contributed by atoms with Crippen molar-refractivity contribution in [1.29, 1.82) is 0 Å². The van der Waals surface area contributed by atoms with E-state index < -0.39 is 17.6 Å². The second kappa shape index (κ2) is 7.53. The predicted molar refractivity (Wildman–Crippen MR) is 97.5 cm³/mol. The van der Waals surface area contributed by atoms with Crippen molar-refractivity contribution >= 4 is 11.9 Å². The van der Waals surface area contributed by atoms with Gasteiger partial charge >= 0.3 is 5.97 Å². The lowest BCUT2D eigenvalue weighted by molar-refractivity contribution is -0.138. The molecule has 7 nitrogen and oxygen atoms in total. The summed E-state index contributed by atoms with van der Waals surface area (Å²) in [6.45, 7) is 7.67. The minimum Gasteiger partial charge on any atom is -0.507 e. The number of amides is 1. The number of carboxylic acids is 1. The first-order chi connectivity index (χ1) is 12.1. The van der Waals surface area contributed by atoms with Crippen LogP contribution in [-0.2, 0) is 16.0 Å². The van der Waals surface area contributed by atoms with Crippen LogP contribution in [0.4, 0.5) is 0 Å². The Labute approximate surface area is 153 Å². The van der Waals surface area contributed by atoms with Gasteiger partial charge in [-0.15, -0.1) is 0 Å². The van der Waals surface area contributed by atoms with Crippen LogP contribution in [0.3, 0.4) is 0 Å². The fourth-order valence-corrected chi connectivity index (χ4v) is 3.24. The van der Waals surface area contributed by atoms with Gasteiger partial charge in [-0.3, -0.25) is 9.59 Å². The molecule has 0 saturated heterocycles. The molecule has 0 saturated carbocycles. The Morgan fingerprint density at radius 3 is 2.54 bits per heavy atom. The first kappa shape index (κ1) is 20.0. The maximum absolute atomic E-state index is 12.6. The molecule has 7 heteroatoms. The summed E-state index contributed by atoms with van der Waals surface area (Å²) in [5, 5.41) is 21.8. The highest BCUT2D eigenvalue weighted by molar-refractivity contribution is 5.85. The largest absolute Gasteiger partial charge is 0.507 e. The maximum atomic E-state index is 12.6. The number of nitrogens with one attached hydrogen (secondary N) is 1. The second-order valence-corrected chi connectivity index (χ2v) is 7.21. The van der Waals surface area contributed by atoms with Gasteiger partial charge in [-0.05, 0) is 63.6 Å². The molecule has 2 atom stereocenters. The summed E-state index contributed by atoms with van der Waals surface area (Å²) in [6.07, 6.45) is 1.93. The van der Waals surface area contributed by atoms with Gasteiger partial charge < -0.3 is 26.0 Å². The number of nitrogens with two attached hydrogens (primary N) is 1. The number of ether oxygens (including phenoxy) is 1. The van der Waals surface area contributed by atoms with Gasteiger partial charge in [-0.1, -0.05) is 0 Å². The van der Waals surface area contributed by atoms with Crippen molar-refractivity contribution in [2.24, 2.45) is 5.73 Å². The van der Waals surface area contributed by atoms with Crippen LogP contribution in [0.25, 0.3) is 0 Å². The number of carboxylic acid groups (broad SMARTS) is 1. The first-order valence-corrected chi connectivity index (χ1v) is 8.85. The molecule has 0 aliphatic carbocycles. The Balaban J connectivity index is 2.06. The number of aromatic hydroxyl groups is 1. The molecular formula is C19H28N2O5. The van der Waals surface area contributed by atoms with Crippen molar-refractivity contribution in [1.82, 2.24) is 5.32 Å². The SMILES string of the molecule is Cc1c(C)c2c(c(C)c1O)CCC(C)(C(=O)NCCCC(N)C(=O)O)O2. The fraction of sp³-hybridized carbons (Fsp3) is 0.579. The van der Waals surface area contributed by atoms with Gasteiger partial charge in [-0.25, -0.2) is 0 Å². The third-order valence-corrected chi connectivity index (χ3v) is 5.29. The van der Waals surface area contributed by atoms with Crippen molar-refractivity contribution in [3.05, 3.63) is 22.3 Å². The number of phenols is 1. The standard InChI is InChI=1S/C19H28N2O5/c1-10-11(2)16-13(12(3)15(10)22)7-8-19(4,26-16)18(25)21-9-5-6-14(20)17(23)24/h14,22H,5-9,20H2,1-4H3,(H,21,25)(H,23,24). The van der Waals surface area contributed by atoms with Crippen LogP contribution in [-0.4, -0.2) is 40.3 Å². The summed E-state index contributed by atoms with van der Waals surface area (Å²) in [7, 11) is 0. The molecule has 0 spiro atoms. The second-order valence-electron chi connectivity index (χ2n) is 7.21. The summed E-state index contributed by atoms with van der Waals surface area (Å²) in [4.78, 5) is 23.3. The highest BCUT2D eigenvalue weighted by Gasteiger charge is 2.40. The summed E-state index contributed by atoms with van der Waals surface area (Å²) >= 11 is 0. The van der Waals surface area contributed by atoms with Crippen molar-refractivity contribution in [3.8, 4) is 11.5 Å². The van der Waals surface area contributed by atoms with Crippen LogP contribution in [0, 0.1) is 20.8 Å². The smallest absolute Gasteiger partial charge is 0.320 e. The first-order valence-electron chi connectivity index (χ1n) is 8.85. The van der Waals surface area contributed by atoms with Crippen LogP contribution in [0.5, 0.6) is 11.5 Å². The van der Waals surface area contributed by atoms with E-state index in [1.54, 1.807) is 6.92 Å². The number of hydrogen-bond acceptors (Lipinski definition) is 5. The highest BCUT2D eigenvalue weighted by atomic mass is 16.5. The minimum atomic E-state index is -1.04. The number of hydrogen-bond donors (Lipinski definition) is 4. The number of phenolic OH excluding ortho intramolecular Hbond substituents is 1. The predicted octanol–water partition coefficient (Wildman–Crippen LogP) is 1.71. The molecule has 5 N–H and O–H groups in total. The number of carbonyl (C=O) groups excluding carboxylic acids is 1. The van der Waals surface area contributed by atoms with E-state index >= 15 is 0 Å². The average Bonchev–Trinajstić information content (AvgIpc) is 2.61. The lowest BCUT2D eigenvalue weighted by Crippen LogP contribution is -2.51. The number of carbonyl (C=O) groups is 2. The maximum Gasteiger partial charge on any atom is 0.320 e. The Morgan fingerprint density at radius 2 is 1.92 bits per heavy atom. The molecule has 0 aromatic heterocycles. The lowest BCUT2D eigenvalue weighted by atomic mass is 9.86. The van der Waals surface area contributed by atoms with E-state index in [0.29, 0.717) is 38.0 Å². The molecule has 1 aromatic carbocycles. The van der Waals surface area contributed by atoms with E-state index in [0.717, 1.165) is 22.3 Å². The van der Waals surface area contributed by atoms with Gasteiger partial charge in [0, 0.05) is 18.5 Å². The van der Waals surface area contributed by atoms with Gasteiger partial charge in [0.15, 0.2) is 5.60 Å². The highest BCUT2D eigenvalue weighted by Crippen LogP contribution is 2.43. The molecule has 1 heterocycles. The van der Waals surface area contributed by atoms with Crippen molar-refractivity contribution in [3.63, 3.8) is 0 Å². The molecule has 0 bridgehead atoms. The Kier molecular flexibility index (Phi) is 5.81. The zero-order valence-electron chi connectivity index (χ0n) is 15.8. The molecule has 1 aliphatic rings. The summed E-state index contributed by atoms with van der Waals surface area (Å²) in [6, 6.07) is -0.915. The fourth-order valence-electron chi connectivity index (χ4n) is 3.24. The normalized spacial score (nSPS) is 20.0. The quantitative estimate of drug-likeness (QED) is 0.570. The molecule has 0 radical (unpaired) electrons. The number of benzene rings is 1.